The molecule has 0 unspecified atom stereocenters. The summed E-state index contributed by atoms with van der Waals surface area (Å²) in [4.78, 5) is 17.7. The van der Waals surface area contributed by atoms with E-state index in [2.05, 4.69) is 54.7 Å². The zero-order valence-corrected chi connectivity index (χ0v) is 22.7. The summed E-state index contributed by atoms with van der Waals surface area (Å²) in [5.41, 5.74) is 2.50. The Kier molecular flexibility index (Phi) is 7.83. The topological polar surface area (TPSA) is 89.5 Å². The van der Waals surface area contributed by atoms with Gasteiger partial charge in [0.25, 0.3) is 5.56 Å². The third-order valence-corrected chi connectivity index (χ3v) is 6.57. The summed E-state index contributed by atoms with van der Waals surface area (Å²) >= 11 is 5.58. The highest BCUT2D eigenvalue weighted by Gasteiger charge is 2.14. The van der Waals surface area contributed by atoms with Gasteiger partial charge in [0.1, 0.15) is 12.4 Å². The number of halogens is 2. The molecule has 4 rings (SSSR count). The molecule has 1 aromatic heterocycles. The van der Waals surface area contributed by atoms with Crippen molar-refractivity contribution in [1.29, 1.82) is 5.26 Å². The van der Waals surface area contributed by atoms with Crippen LogP contribution in [0.1, 0.15) is 29.4 Å². The molecular formula is C26H20BrIN4O3. The first-order valence-corrected chi connectivity index (χ1v) is 12.6. The van der Waals surface area contributed by atoms with Crippen molar-refractivity contribution in [2.75, 3.05) is 7.11 Å². The average Bonchev–Trinajstić information content (AvgIpc) is 2.87. The number of aryl methyl sites for hydroxylation is 1. The number of benzene rings is 3. The molecule has 0 aliphatic heterocycles. The van der Waals surface area contributed by atoms with E-state index >= 15 is 0 Å². The third kappa shape index (κ3) is 5.39. The van der Waals surface area contributed by atoms with Crippen LogP contribution in [0.5, 0.6) is 11.5 Å². The van der Waals surface area contributed by atoms with Gasteiger partial charge in [0, 0.05) is 16.5 Å². The molecule has 4 aromatic rings. The number of nitrogens with zero attached hydrogens (tertiary/aromatic N) is 4. The van der Waals surface area contributed by atoms with E-state index in [0.717, 1.165) is 19.2 Å². The first kappa shape index (κ1) is 24.9. The summed E-state index contributed by atoms with van der Waals surface area (Å²) in [6, 6.07) is 18.6. The fourth-order valence-corrected chi connectivity index (χ4v) is 4.67. The molecule has 0 saturated carbocycles. The molecule has 176 valence electrons. The van der Waals surface area contributed by atoms with Crippen LogP contribution < -0.4 is 15.0 Å². The van der Waals surface area contributed by atoms with E-state index in [1.807, 2.05) is 43.3 Å². The molecule has 0 spiro atoms. The summed E-state index contributed by atoms with van der Waals surface area (Å²) in [7, 11) is 1.56. The zero-order chi connectivity index (χ0) is 24.9. The minimum atomic E-state index is -0.234. The fourth-order valence-electron chi connectivity index (χ4n) is 3.53. The maximum absolute atomic E-state index is 13.1. The minimum Gasteiger partial charge on any atom is -0.493 e. The molecule has 0 bridgehead atoms. The highest BCUT2D eigenvalue weighted by Crippen LogP contribution is 2.34. The normalized spacial score (nSPS) is 11.1. The Labute approximate surface area is 224 Å². The van der Waals surface area contributed by atoms with Crippen LogP contribution in [0.25, 0.3) is 10.9 Å². The van der Waals surface area contributed by atoms with E-state index in [9.17, 15) is 10.1 Å². The van der Waals surface area contributed by atoms with Gasteiger partial charge in [0.05, 0.1) is 39.4 Å². The van der Waals surface area contributed by atoms with Crippen molar-refractivity contribution >= 4 is 55.6 Å². The Balaban J connectivity index is 1.67. The van der Waals surface area contributed by atoms with Gasteiger partial charge in [-0.3, -0.25) is 4.79 Å². The molecule has 0 aliphatic rings. The second-order valence-corrected chi connectivity index (χ2v) is 9.57. The lowest BCUT2D eigenvalue weighted by Crippen LogP contribution is -2.22. The van der Waals surface area contributed by atoms with Crippen molar-refractivity contribution < 1.29 is 9.47 Å². The van der Waals surface area contributed by atoms with Crippen molar-refractivity contribution in [2.24, 2.45) is 5.10 Å². The molecule has 7 nitrogen and oxygen atoms in total. The van der Waals surface area contributed by atoms with Crippen molar-refractivity contribution in [3.63, 3.8) is 0 Å². The Morgan fingerprint density at radius 3 is 2.77 bits per heavy atom. The highest BCUT2D eigenvalue weighted by molar-refractivity contribution is 14.1. The predicted octanol–water partition coefficient (Wildman–Crippen LogP) is 5.67. The number of nitriles is 1. The van der Waals surface area contributed by atoms with Gasteiger partial charge in [-0.15, -0.1) is 0 Å². The standard InChI is InChI=1S/C26H20BrIN4O3/c1-3-24-31-22-9-8-19(27)12-20(22)26(33)32(24)30-14-16-10-21(28)25(23(11-16)34-2)35-15-18-7-5-4-6-17(18)13-29/h4-12,14H,3,15H2,1-2H3. The number of hydrogen-bond donors (Lipinski definition) is 0. The molecule has 3 aromatic carbocycles. The lowest BCUT2D eigenvalue weighted by atomic mass is 10.1. The molecule has 0 fully saturated rings. The molecule has 0 atom stereocenters. The fraction of sp³-hybridized carbons (Fsp3) is 0.154. The molecule has 0 radical (unpaired) electrons. The second kappa shape index (κ2) is 11.0. The quantitative estimate of drug-likeness (QED) is 0.192. The number of fused-ring (bicyclic) bond motifs is 1. The van der Waals surface area contributed by atoms with Crippen molar-refractivity contribution in [3.8, 4) is 17.6 Å². The monoisotopic (exact) mass is 642 g/mol. The summed E-state index contributed by atoms with van der Waals surface area (Å²) in [5.74, 6) is 1.66. The van der Waals surface area contributed by atoms with Crippen LogP contribution in [0.2, 0.25) is 0 Å². The Hall–Kier alpha value is -3.23. The summed E-state index contributed by atoms with van der Waals surface area (Å²) in [5, 5.41) is 14.3. The largest absolute Gasteiger partial charge is 0.493 e. The van der Waals surface area contributed by atoms with E-state index in [0.29, 0.717) is 40.2 Å². The Bertz CT molecular complexity index is 1540. The van der Waals surface area contributed by atoms with Gasteiger partial charge in [-0.05, 0) is 64.6 Å². The molecule has 1 heterocycles. The zero-order valence-electron chi connectivity index (χ0n) is 19.0. The third-order valence-electron chi connectivity index (χ3n) is 5.28. The lowest BCUT2D eigenvalue weighted by Gasteiger charge is -2.14. The van der Waals surface area contributed by atoms with Crippen LogP contribution in [-0.4, -0.2) is 23.0 Å². The molecule has 0 aliphatic carbocycles. The van der Waals surface area contributed by atoms with Crippen LogP contribution in [0.15, 0.2) is 69.0 Å². The summed E-state index contributed by atoms with van der Waals surface area (Å²) < 4.78 is 14.5. The molecule has 9 heteroatoms. The van der Waals surface area contributed by atoms with Crippen LogP contribution in [0.3, 0.4) is 0 Å². The molecule has 35 heavy (non-hydrogen) atoms. The van der Waals surface area contributed by atoms with Crippen LogP contribution in [0, 0.1) is 14.9 Å². The van der Waals surface area contributed by atoms with Crippen molar-refractivity contribution in [1.82, 2.24) is 9.66 Å². The number of methoxy groups -OCH3 is 1. The van der Waals surface area contributed by atoms with Crippen molar-refractivity contribution in [3.05, 3.63) is 95.5 Å². The van der Waals surface area contributed by atoms with E-state index in [4.69, 9.17) is 9.47 Å². The number of rotatable bonds is 7. The number of hydrogen-bond acceptors (Lipinski definition) is 6. The molecule has 0 saturated heterocycles. The SMILES string of the molecule is CCc1nc2ccc(Br)cc2c(=O)n1N=Cc1cc(I)c(OCc2ccccc2C#N)c(OC)c1. The van der Waals surface area contributed by atoms with Crippen LogP contribution in [-0.2, 0) is 13.0 Å². The van der Waals surface area contributed by atoms with E-state index in [1.54, 1.807) is 31.5 Å². The predicted molar refractivity (Wildman–Crippen MR) is 147 cm³/mol. The molecule has 0 N–H and O–H groups in total. The lowest BCUT2D eigenvalue weighted by molar-refractivity contribution is 0.282. The van der Waals surface area contributed by atoms with Crippen LogP contribution >= 0.6 is 38.5 Å². The average molecular weight is 643 g/mol. The highest BCUT2D eigenvalue weighted by atomic mass is 127. The first-order chi connectivity index (χ1) is 16.9. The van der Waals surface area contributed by atoms with Gasteiger partial charge in [-0.1, -0.05) is 41.1 Å². The van der Waals surface area contributed by atoms with Gasteiger partial charge < -0.3 is 9.47 Å². The van der Waals surface area contributed by atoms with Gasteiger partial charge in [0.15, 0.2) is 11.5 Å². The van der Waals surface area contributed by atoms with Crippen LogP contribution in [0.4, 0.5) is 0 Å². The van der Waals surface area contributed by atoms with E-state index in [1.165, 1.54) is 4.68 Å². The maximum atomic E-state index is 13.1. The first-order valence-electron chi connectivity index (χ1n) is 10.7. The Morgan fingerprint density at radius 2 is 2.03 bits per heavy atom. The van der Waals surface area contributed by atoms with Crippen molar-refractivity contribution in [2.45, 2.75) is 20.0 Å². The smallest absolute Gasteiger partial charge is 0.282 e. The number of aromatic nitrogens is 2. The summed E-state index contributed by atoms with van der Waals surface area (Å²) in [6.45, 7) is 2.16. The van der Waals surface area contributed by atoms with Gasteiger partial charge in [-0.2, -0.15) is 15.0 Å². The van der Waals surface area contributed by atoms with Gasteiger partial charge in [-0.25, -0.2) is 4.98 Å². The maximum Gasteiger partial charge on any atom is 0.282 e. The Morgan fingerprint density at radius 1 is 1.23 bits per heavy atom. The summed E-state index contributed by atoms with van der Waals surface area (Å²) in [6.07, 6.45) is 2.15. The van der Waals surface area contributed by atoms with E-state index < -0.39 is 0 Å². The van der Waals surface area contributed by atoms with Gasteiger partial charge in [0.2, 0.25) is 0 Å². The second-order valence-electron chi connectivity index (χ2n) is 7.50. The number of ether oxygens (including phenoxy) is 2. The van der Waals surface area contributed by atoms with E-state index in [-0.39, 0.29) is 12.2 Å². The molecule has 0 amide bonds. The van der Waals surface area contributed by atoms with Gasteiger partial charge >= 0.3 is 0 Å². The minimum absolute atomic E-state index is 0.233. The molecular weight excluding hydrogens is 623 g/mol.